The second kappa shape index (κ2) is 9.04. The molecule has 1 aromatic heterocycles. The number of nitrogens with two attached hydrogens (primary N) is 1. The summed E-state index contributed by atoms with van der Waals surface area (Å²) >= 11 is 5.72. The minimum Gasteiger partial charge on any atom is -0.328 e. The van der Waals surface area contributed by atoms with E-state index in [9.17, 15) is 31.2 Å². The third-order valence-electron chi connectivity index (χ3n) is 5.13. The van der Waals surface area contributed by atoms with Gasteiger partial charge in [0.2, 0.25) is 10.0 Å². The summed E-state index contributed by atoms with van der Waals surface area (Å²) in [5.74, 6) is -3.37. The lowest BCUT2D eigenvalue weighted by Gasteiger charge is -2.34. The van der Waals surface area contributed by atoms with Crippen LogP contribution in [0.25, 0.3) is 10.8 Å². The molecule has 4 N–H and O–H groups in total. The van der Waals surface area contributed by atoms with Gasteiger partial charge in [-0.3, -0.25) is 9.69 Å². The van der Waals surface area contributed by atoms with Crippen LogP contribution in [-0.2, 0) is 10.0 Å². The molecule has 0 saturated heterocycles. The number of hydrogen-bond acceptors (Lipinski definition) is 4. The third kappa shape index (κ3) is 4.82. The van der Waals surface area contributed by atoms with Gasteiger partial charge in [-0.25, -0.2) is 31.5 Å². The van der Waals surface area contributed by atoms with E-state index in [2.05, 4.69) is 10.3 Å². The van der Waals surface area contributed by atoms with Gasteiger partial charge in [0.05, 0.1) is 16.5 Å². The first-order valence-electron chi connectivity index (χ1n) is 9.38. The van der Waals surface area contributed by atoms with Crippen LogP contribution < -0.4 is 16.0 Å². The Morgan fingerprint density at radius 2 is 1.79 bits per heavy atom. The van der Waals surface area contributed by atoms with E-state index >= 15 is 0 Å². The highest BCUT2D eigenvalue weighted by molar-refractivity contribution is 7.89. The highest BCUT2D eigenvalue weighted by Crippen LogP contribution is 2.31. The number of pyridine rings is 1. The summed E-state index contributed by atoms with van der Waals surface area (Å²) in [6.07, 6.45) is 1.16. The summed E-state index contributed by atoms with van der Waals surface area (Å²) < 4.78 is 65.7. The van der Waals surface area contributed by atoms with E-state index in [-0.39, 0.29) is 21.7 Å². The van der Waals surface area contributed by atoms with Crippen LogP contribution in [0.5, 0.6) is 0 Å². The number of amides is 2. The molecule has 8 nitrogen and oxygen atoms in total. The molecule has 0 aliphatic heterocycles. The van der Waals surface area contributed by atoms with E-state index in [1.54, 1.807) is 0 Å². The lowest BCUT2D eigenvalue weighted by atomic mass is 10.0. The lowest BCUT2D eigenvalue weighted by Crippen LogP contribution is -2.48. The number of H-pyrrole nitrogens is 1. The first-order valence-corrected chi connectivity index (χ1v) is 11.4. The minimum atomic E-state index is -4.31. The Labute approximate surface area is 191 Å². The predicted molar refractivity (Wildman–Crippen MR) is 118 cm³/mol. The van der Waals surface area contributed by atoms with E-state index in [0.29, 0.717) is 0 Å². The van der Waals surface area contributed by atoms with Gasteiger partial charge in [-0.15, -0.1) is 0 Å². The largest absolute Gasteiger partial charge is 0.328 e. The molecule has 0 saturated carbocycles. The minimum absolute atomic E-state index is 0.0330. The Bertz CT molecular complexity index is 1410. The van der Waals surface area contributed by atoms with Gasteiger partial charge in [-0.1, -0.05) is 17.7 Å². The lowest BCUT2D eigenvalue weighted by molar-refractivity contribution is 0.187. The number of nitrogens with zero attached hydrogens (tertiary/aromatic N) is 1. The molecule has 0 aliphatic carbocycles. The summed E-state index contributed by atoms with van der Waals surface area (Å²) in [4.78, 5) is 28.3. The maximum absolute atomic E-state index is 14.3. The molecule has 0 aliphatic rings. The zero-order chi connectivity index (χ0) is 24.7. The fourth-order valence-corrected chi connectivity index (χ4v) is 4.15. The van der Waals surface area contributed by atoms with Crippen molar-refractivity contribution in [1.29, 1.82) is 0 Å². The van der Waals surface area contributed by atoms with Crippen molar-refractivity contribution in [1.82, 2.24) is 9.88 Å². The second-order valence-electron chi connectivity index (χ2n) is 7.19. The van der Waals surface area contributed by atoms with Gasteiger partial charge in [0.1, 0.15) is 11.2 Å². The zero-order valence-electron chi connectivity index (χ0n) is 17.2. The molecule has 176 valence electrons. The van der Waals surface area contributed by atoms with Crippen LogP contribution in [0.4, 0.5) is 23.7 Å². The number of aromatic amines is 1. The average molecular weight is 503 g/mol. The molecular weight excluding hydrogens is 485 g/mol. The summed E-state index contributed by atoms with van der Waals surface area (Å²) in [6, 6.07) is 3.20. The molecule has 2 amide bonds. The Kier molecular flexibility index (Phi) is 6.73. The van der Waals surface area contributed by atoms with E-state index < -0.39 is 55.9 Å². The fourth-order valence-electron chi connectivity index (χ4n) is 3.38. The van der Waals surface area contributed by atoms with Crippen LogP contribution in [0.15, 0.2) is 41.3 Å². The standard InChI is InChI=1S/C20H18ClF3N4O4S/c1-9(13-8-26-19(29)17-12(13)4-6-16(23)18(17)24)28(10(2)33(25,31)32)20(30)27-11-3-5-15(22)14(21)7-11/h3-10H,1-2H3,(H,26,29)(H,27,30)(H2,25,31,32). The summed E-state index contributed by atoms with van der Waals surface area (Å²) in [5, 5.41) is 5.18. The summed E-state index contributed by atoms with van der Waals surface area (Å²) in [6.45, 7) is 2.56. The highest BCUT2D eigenvalue weighted by Gasteiger charge is 2.34. The molecule has 2 aromatic carbocycles. The normalized spacial score (nSPS) is 13.5. The molecule has 13 heteroatoms. The topological polar surface area (TPSA) is 125 Å². The van der Waals surface area contributed by atoms with Gasteiger partial charge >= 0.3 is 6.03 Å². The van der Waals surface area contributed by atoms with Gasteiger partial charge < -0.3 is 10.3 Å². The van der Waals surface area contributed by atoms with Gasteiger partial charge in [0.25, 0.3) is 5.56 Å². The quantitative estimate of drug-likeness (QED) is 0.490. The number of aromatic nitrogens is 1. The number of halogens is 4. The smallest absolute Gasteiger partial charge is 0.323 e. The number of carbonyl (C=O) groups excluding carboxylic acids is 1. The van der Waals surface area contributed by atoms with Crippen molar-refractivity contribution in [3.63, 3.8) is 0 Å². The average Bonchev–Trinajstić information content (AvgIpc) is 2.72. The van der Waals surface area contributed by atoms with E-state index in [1.165, 1.54) is 13.0 Å². The van der Waals surface area contributed by atoms with E-state index in [1.807, 2.05) is 0 Å². The fraction of sp³-hybridized carbons (Fsp3) is 0.200. The molecule has 1 heterocycles. The number of benzene rings is 2. The Morgan fingerprint density at radius 3 is 2.39 bits per heavy atom. The first-order chi connectivity index (χ1) is 15.3. The molecule has 3 aromatic rings. The number of hydrogen-bond donors (Lipinski definition) is 3. The molecule has 0 radical (unpaired) electrons. The predicted octanol–water partition coefficient (Wildman–Crippen LogP) is 3.83. The van der Waals surface area contributed by atoms with Gasteiger partial charge in [-0.2, -0.15) is 0 Å². The molecule has 0 fully saturated rings. The van der Waals surface area contributed by atoms with Crippen molar-refractivity contribution in [2.75, 3.05) is 5.32 Å². The van der Waals surface area contributed by atoms with Crippen molar-refractivity contribution >= 4 is 44.1 Å². The highest BCUT2D eigenvalue weighted by atomic mass is 35.5. The number of anilines is 1. The van der Waals surface area contributed by atoms with Crippen molar-refractivity contribution in [3.8, 4) is 0 Å². The number of rotatable bonds is 5. The Morgan fingerprint density at radius 1 is 1.15 bits per heavy atom. The molecule has 0 spiro atoms. The number of nitrogens with one attached hydrogen (secondary N) is 2. The van der Waals surface area contributed by atoms with E-state index in [0.717, 1.165) is 42.3 Å². The monoisotopic (exact) mass is 502 g/mol. The van der Waals surface area contributed by atoms with Crippen LogP contribution in [0.2, 0.25) is 5.02 Å². The van der Waals surface area contributed by atoms with Gasteiger partial charge in [0, 0.05) is 11.9 Å². The number of carbonyl (C=O) groups is 1. The van der Waals surface area contributed by atoms with Crippen LogP contribution in [0, 0.1) is 17.5 Å². The van der Waals surface area contributed by atoms with Gasteiger partial charge in [0.15, 0.2) is 11.6 Å². The number of sulfonamides is 1. The third-order valence-corrected chi connectivity index (χ3v) is 6.60. The van der Waals surface area contributed by atoms with Crippen molar-refractivity contribution < 1.29 is 26.4 Å². The maximum Gasteiger partial charge on any atom is 0.323 e. The summed E-state index contributed by atoms with van der Waals surface area (Å²) in [7, 11) is -4.31. The van der Waals surface area contributed by atoms with E-state index in [4.69, 9.17) is 16.7 Å². The number of primary sulfonamides is 1. The first kappa shape index (κ1) is 24.6. The van der Waals surface area contributed by atoms with Crippen LogP contribution in [0.3, 0.4) is 0 Å². The molecule has 3 rings (SSSR count). The van der Waals surface area contributed by atoms with Crippen molar-refractivity contribution in [2.45, 2.75) is 25.3 Å². The molecule has 2 unspecified atom stereocenters. The Balaban J connectivity index is 2.12. The summed E-state index contributed by atoms with van der Waals surface area (Å²) in [5.41, 5.74) is -0.731. The van der Waals surface area contributed by atoms with Crippen LogP contribution in [-0.4, -0.2) is 29.7 Å². The molecule has 0 bridgehead atoms. The zero-order valence-corrected chi connectivity index (χ0v) is 18.8. The number of fused-ring (bicyclic) bond motifs is 1. The molecular formula is C20H18ClF3N4O4S. The molecule has 2 atom stereocenters. The van der Waals surface area contributed by atoms with Gasteiger partial charge in [-0.05, 0) is 49.1 Å². The maximum atomic E-state index is 14.3. The van der Waals surface area contributed by atoms with Crippen molar-refractivity contribution in [3.05, 3.63) is 74.9 Å². The van der Waals surface area contributed by atoms with Crippen LogP contribution in [0.1, 0.15) is 25.5 Å². The SMILES string of the molecule is CC(c1c[nH]c(=O)c2c(F)c(F)ccc12)N(C(=O)Nc1ccc(F)c(Cl)c1)C(C)S(N)(=O)=O. The van der Waals surface area contributed by atoms with Crippen LogP contribution >= 0.6 is 11.6 Å². The number of urea groups is 1. The molecule has 33 heavy (non-hydrogen) atoms. The Hall–Kier alpha value is -3.09. The second-order valence-corrected chi connectivity index (χ2v) is 9.46. The van der Waals surface area contributed by atoms with Crippen molar-refractivity contribution in [2.24, 2.45) is 5.14 Å².